The third-order valence-electron chi connectivity index (χ3n) is 4.37. The van der Waals surface area contributed by atoms with Crippen molar-refractivity contribution in [1.82, 2.24) is 0 Å². The standard InChI is InChI=1S/C28H30O6/c1-21(2)27(29)33-19-7-5-17-31-25-13-9-23(10-14-25)24-11-15-26(16-12-24)32-18-6-8-20-34-28(30)22(3)4/h5-6,9-18H,1,3,7-8,19-20H2,2,4H3. The summed E-state index contributed by atoms with van der Waals surface area (Å²) in [7, 11) is 0. The van der Waals surface area contributed by atoms with Crippen molar-refractivity contribution in [2.75, 3.05) is 13.2 Å². The molecule has 0 atom stereocenters. The lowest BCUT2D eigenvalue weighted by Gasteiger charge is -2.06. The Balaban J connectivity index is 1.74. The number of hydrogen-bond acceptors (Lipinski definition) is 6. The van der Waals surface area contributed by atoms with Crippen LogP contribution >= 0.6 is 0 Å². The summed E-state index contributed by atoms with van der Waals surface area (Å²) in [5, 5.41) is 0. The normalized spacial score (nSPS) is 10.8. The first-order chi connectivity index (χ1) is 16.4. The predicted molar refractivity (Wildman–Crippen MR) is 132 cm³/mol. The van der Waals surface area contributed by atoms with Crippen LogP contribution in [0, 0.1) is 0 Å². The molecular weight excluding hydrogens is 432 g/mol. The van der Waals surface area contributed by atoms with E-state index in [4.69, 9.17) is 18.9 Å². The van der Waals surface area contributed by atoms with Gasteiger partial charge in [-0.3, -0.25) is 0 Å². The van der Waals surface area contributed by atoms with Crippen LogP contribution < -0.4 is 9.47 Å². The second-order valence-corrected chi connectivity index (χ2v) is 7.44. The summed E-state index contributed by atoms with van der Waals surface area (Å²) >= 11 is 0. The second kappa shape index (κ2) is 14.2. The molecule has 0 unspecified atom stereocenters. The van der Waals surface area contributed by atoms with Gasteiger partial charge >= 0.3 is 11.9 Å². The first-order valence-electron chi connectivity index (χ1n) is 10.9. The Kier molecular flexibility index (Phi) is 10.9. The first kappa shape index (κ1) is 26.2. The van der Waals surface area contributed by atoms with E-state index in [1.54, 1.807) is 38.5 Å². The number of carbonyl (C=O) groups excluding carboxylic acids is 2. The van der Waals surface area contributed by atoms with Crippen LogP contribution in [0.1, 0.15) is 26.7 Å². The Morgan fingerprint density at radius 2 is 1.03 bits per heavy atom. The smallest absolute Gasteiger partial charge is 0.333 e. The highest BCUT2D eigenvalue weighted by atomic mass is 16.5. The Morgan fingerprint density at radius 1 is 0.676 bits per heavy atom. The highest BCUT2D eigenvalue weighted by molar-refractivity contribution is 5.87. The lowest BCUT2D eigenvalue weighted by Crippen LogP contribution is -2.05. The number of rotatable bonds is 13. The minimum atomic E-state index is -0.389. The molecule has 0 spiro atoms. The number of benzene rings is 2. The topological polar surface area (TPSA) is 71.1 Å². The molecule has 0 aliphatic heterocycles. The van der Waals surface area contributed by atoms with Gasteiger partial charge in [-0.2, -0.15) is 0 Å². The summed E-state index contributed by atoms with van der Waals surface area (Å²) < 4.78 is 21.1. The molecule has 6 heteroatoms. The third kappa shape index (κ3) is 9.61. The van der Waals surface area contributed by atoms with Crippen LogP contribution in [0.3, 0.4) is 0 Å². The van der Waals surface area contributed by atoms with E-state index in [0.717, 1.165) is 11.1 Å². The molecule has 0 bridgehead atoms. The van der Waals surface area contributed by atoms with Gasteiger partial charge in [0.1, 0.15) is 11.5 Å². The van der Waals surface area contributed by atoms with Gasteiger partial charge in [-0.1, -0.05) is 37.4 Å². The number of esters is 2. The van der Waals surface area contributed by atoms with Crippen molar-refractivity contribution in [2.24, 2.45) is 0 Å². The SMILES string of the molecule is C=C(C)C(=O)OCCC=COc1ccc(-c2ccc(OC=CCCOC(=O)C(=C)C)cc2)cc1. The first-order valence-corrected chi connectivity index (χ1v) is 10.9. The molecule has 2 rings (SSSR count). The Labute approximate surface area is 200 Å². The minimum Gasteiger partial charge on any atom is -0.465 e. The molecule has 0 saturated heterocycles. The summed E-state index contributed by atoms with van der Waals surface area (Å²) in [4.78, 5) is 22.6. The fourth-order valence-corrected chi connectivity index (χ4v) is 2.53. The average molecular weight is 463 g/mol. The summed E-state index contributed by atoms with van der Waals surface area (Å²) in [6.07, 6.45) is 7.86. The van der Waals surface area contributed by atoms with Gasteiger partial charge in [-0.25, -0.2) is 9.59 Å². The zero-order valence-corrected chi connectivity index (χ0v) is 19.6. The minimum absolute atomic E-state index is 0.283. The second-order valence-electron chi connectivity index (χ2n) is 7.44. The molecule has 178 valence electrons. The molecule has 0 heterocycles. The van der Waals surface area contributed by atoms with Gasteiger partial charge in [0.05, 0.1) is 25.7 Å². The van der Waals surface area contributed by atoms with Crippen molar-refractivity contribution >= 4 is 11.9 Å². The number of hydrogen-bond donors (Lipinski definition) is 0. The maximum atomic E-state index is 11.3. The Morgan fingerprint density at radius 3 is 1.35 bits per heavy atom. The predicted octanol–water partition coefficient (Wildman–Crippen LogP) is 6.16. The quantitative estimate of drug-likeness (QED) is 0.154. The van der Waals surface area contributed by atoms with E-state index in [1.165, 1.54) is 0 Å². The summed E-state index contributed by atoms with van der Waals surface area (Å²) in [6, 6.07) is 15.4. The largest absolute Gasteiger partial charge is 0.465 e. The van der Waals surface area contributed by atoms with Crippen LogP contribution in [0.4, 0.5) is 0 Å². The molecule has 0 radical (unpaired) electrons. The maximum Gasteiger partial charge on any atom is 0.333 e. The van der Waals surface area contributed by atoms with Crippen LogP contribution in [0.5, 0.6) is 11.5 Å². The summed E-state index contributed by atoms with van der Waals surface area (Å²) in [5.41, 5.74) is 2.86. The van der Waals surface area contributed by atoms with E-state index < -0.39 is 0 Å². The van der Waals surface area contributed by atoms with Gasteiger partial charge in [0.15, 0.2) is 0 Å². The number of carbonyl (C=O) groups is 2. The van der Waals surface area contributed by atoms with Gasteiger partial charge in [-0.05, 0) is 61.4 Å². The van der Waals surface area contributed by atoms with Crippen molar-refractivity contribution in [2.45, 2.75) is 26.7 Å². The Hall–Kier alpha value is -4.06. The number of ether oxygens (including phenoxy) is 4. The monoisotopic (exact) mass is 462 g/mol. The van der Waals surface area contributed by atoms with Crippen molar-refractivity contribution in [1.29, 1.82) is 0 Å². The highest BCUT2D eigenvalue weighted by Gasteiger charge is 2.02. The van der Waals surface area contributed by atoms with Crippen LogP contribution in [0.25, 0.3) is 11.1 Å². The van der Waals surface area contributed by atoms with Gasteiger partial charge < -0.3 is 18.9 Å². The molecule has 0 aliphatic carbocycles. The molecule has 6 nitrogen and oxygen atoms in total. The lowest BCUT2D eigenvalue weighted by atomic mass is 10.1. The molecule has 0 amide bonds. The zero-order valence-electron chi connectivity index (χ0n) is 19.6. The molecule has 0 aromatic heterocycles. The maximum absolute atomic E-state index is 11.3. The van der Waals surface area contributed by atoms with Gasteiger partial charge in [0.25, 0.3) is 0 Å². The van der Waals surface area contributed by atoms with E-state index >= 15 is 0 Å². The van der Waals surface area contributed by atoms with Crippen LogP contribution in [-0.2, 0) is 19.1 Å². The molecule has 0 saturated carbocycles. The van der Waals surface area contributed by atoms with E-state index in [9.17, 15) is 9.59 Å². The van der Waals surface area contributed by atoms with Crippen molar-refractivity contribution in [3.05, 3.63) is 97.5 Å². The van der Waals surface area contributed by atoms with E-state index in [1.807, 2.05) is 48.5 Å². The van der Waals surface area contributed by atoms with Gasteiger partial charge in [0, 0.05) is 24.0 Å². The molecular formula is C28H30O6. The highest BCUT2D eigenvalue weighted by Crippen LogP contribution is 2.25. The summed E-state index contributed by atoms with van der Waals surface area (Å²) in [6.45, 7) is 10.9. The molecule has 2 aromatic rings. The van der Waals surface area contributed by atoms with Gasteiger partial charge in [0.2, 0.25) is 0 Å². The lowest BCUT2D eigenvalue weighted by molar-refractivity contribution is -0.139. The van der Waals surface area contributed by atoms with Crippen molar-refractivity contribution in [3.63, 3.8) is 0 Å². The molecule has 0 fully saturated rings. The summed E-state index contributed by atoms with van der Waals surface area (Å²) in [5.74, 6) is 0.635. The molecule has 34 heavy (non-hydrogen) atoms. The van der Waals surface area contributed by atoms with Crippen molar-refractivity contribution in [3.8, 4) is 22.6 Å². The van der Waals surface area contributed by atoms with Crippen molar-refractivity contribution < 1.29 is 28.5 Å². The van der Waals surface area contributed by atoms with E-state index in [-0.39, 0.29) is 25.2 Å². The van der Waals surface area contributed by atoms with Gasteiger partial charge in [-0.15, -0.1) is 0 Å². The molecule has 0 aliphatic rings. The zero-order chi connectivity index (χ0) is 24.8. The fraction of sp³-hybridized carbons (Fsp3) is 0.214. The molecule has 2 aromatic carbocycles. The van der Waals surface area contributed by atoms with Crippen LogP contribution in [-0.4, -0.2) is 25.2 Å². The Bertz CT molecular complexity index is 944. The fourth-order valence-electron chi connectivity index (χ4n) is 2.53. The molecule has 0 N–H and O–H groups in total. The van der Waals surface area contributed by atoms with Crippen LogP contribution in [0.2, 0.25) is 0 Å². The van der Waals surface area contributed by atoms with Crippen LogP contribution in [0.15, 0.2) is 97.5 Å². The van der Waals surface area contributed by atoms with E-state index in [2.05, 4.69) is 13.2 Å². The third-order valence-corrected chi connectivity index (χ3v) is 4.37. The van der Waals surface area contributed by atoms with E-state index in [0.29, 0.717) is 35.5 Å². The average Bonchev–Trinajstić information content (AvgIpc) is 2.83.